The number of hydrogen-bond acceptors (Lipinski definition) is 3. The molecule has 0 saturated heterocycles. The molecule has 21 rings (SSSR count). The molecule has 494 valence electrons. The second-order valence-electron chi connectivity index (χ2n) is 29.0. The van der Waals surface area contributed by atoms with Gasteiger partial charge in [0.05, 0.1) is 32.9 Å². The van der Waals surface area contributed by atoms with Crippen LogP contribution in [-0.2, 0) is 16.2 Å². The van der Waals surface area contributed by atoms with Crippen LogP contribution in [0.15, 0.2) is 387 Å². The highest BCUT2D eigenvalue weighted by atomic mass is 16.3. The van der Waals surface area contributed by atoms with Gasteiger partial charge in [0.2, 0.25) is 0 Å². The lowest BCUT2D eigenvalue weighted by atomic mass is 9.67. The van der Waals surface area contributed by atoms with Crippen LogP contribution in [0.25, 0.3) is 93.9 Å². The highest BCUT2D eigenvalue weighted by Crippen LogP contribution is 2.61. The van der Waals surface area contributed by atoms with Crippen LogP contribution in [0.5, 0.6) is 0 Å². The summed E-state index contributed by atoms with van der Waals surface area (Å²) in [7, 11) is 0. The van der Waals surface area contributed by atoms with Crippen LogP contribution >= 0.6 is 0 Å². The van der Waals surface area contributed by atoms with Gasteiger partial charge in [0.1, 0.15) is 11.2 Å². The molecule has 3 aliphatic carbocycles. The summed E-state index contributed by atoms with van der Waals surface area (Å²) < 4.78 is 9.15. The summed E-state index contributed by atoms with van der Waals surface area (Å²) in [6, 6.07) is 142. The monoisotopic (exact) mass is 1340 g/mol. The van der Waals surface area contributed by atoms with Crippen LogP contribution in [0.3, 0.4) is 0 Å². The Morgan fingerprint density at radius 3 is 1.29 bits per heavy atom. The van der Waals surface area contributed by atoms with E-state index >= 15 is 0 Å². The van der Waals surface area contributed by atoms with Crippen molar-refractivity contribution < 1.29 is 4.42 Å². The van der Waals surface area contributed by atoms with E-state index in [-0.39, 0.29) is 5.41 Å². The molecule has 16 aromatic carbocycles. The van der Waals surface area contributed by atoms with Crippen molar-refractivity contribution in [3.63, 3.8) is 0 Å². The van der Waals surface area contributed by atoms with E-state index in [1.54, 1.807) is 0 Å². The van der Waals surface area contributed by atoms with Crippen molar-refractivity contribution in [1.29, 1.82) is 0 Å². The van der Waals surface area contributed by atoms with Crippen molar-refractivity contribution >= 4 is 77.9 Å². The third kappa shape index (κ3) is 8.87. The molecule has 0 aliphatic heterocycles. The molecule has 0 fully saturated rings. The molecule has 0 amide bonds. The van der Waals surface area contributed by atoms with Gasteiger partial charge in [-0.15, -0.1) is 0 Å². The highest BCUT2D eigenvalue weighted by molar-refractivity contribution is 6.14. The number of benzene rings is 16. The van der Waals surface area contributed by atoms with Crippen molar-refractivity contribution in [3.05, 3.63) is 438 Å². The SMILES string of the molecule is CC1(C)c2ccc(-c3ccc(-n4c5ccccc5c5ccc(N(c6ccccc6)c6ccc7c(c6)C(c6ccccc6)(c6ccccc6)c6ccccc6-7)cc54)cc3)cc2-c2ccc(N(c3ccc4c(c3)C(c3ccccc3)(c3ccccc3)c3ccccc3-4)c3cccc4oc5ccccc5c34)cc21. The van der Waals surface area contributed by atoms with E-state index in [1.807, 2.05) is 0 Å². The Labute approximate surface area is 610 Å². The largest absolute Gasteiger partial charge is 0.456 e. The molecule has 105 heavy (non-hydrogen) atoms. The van der Waals surface area contributed by atoms with Gasteiger partial charge in [-0.05, 0) is 203 Å². The summed E-state index contributed by atoms with van der Waals surface area (Å²) in [5, 5.41) is 4.58. The van der Waals surface area contributed by atoms with E-state index in [1.165, 1.54) is 105 Å². The minimum Gasteiger partial charge on any atom is -0.456 e. The number of rotatable bonds is 12. The van der Waals surface area contributed by atoms with Crippen molar-refractivity contribution in [2.75, 3.05) is 9.80 Å². The zero-order valence-corrected chi connectivity index (χ0v) is 58.1. The summed E-state index contributed by atoms with van der Waals surface area (Å²) in [5.74, 6) is 0. The first-order valence-corrected chi connectivity index (χ1v) is 36.5. The van der Waals surface area contributed by atoms with Crippen LogP contribution < -0.4 is 9.80 Å². The number of fused-ring (bicyclic) bond motifs is 15. The number of furan rings is 1. The summed E-state index contributed by atoms with van der Waals surface area (Å²) in [6.07, 6.45) is 0. The smallest absolute Gasteiger partial charge is 0.137 e. The minimum absolute atomic E-state index is 0.314. The number of para-hydroxylation sites is 3. The van der Waals surface area contributed by atoms with Crippen LogP contribution in [0.2, 0.25) is 0 Å². The fourth-order valence-corrected chi connectivity index (χ4v) is 18.8. The molecule has 2 heterocycles. The standard InChI is InChI=1S/C101H69N3O/c1-99(2)87-60-49-67(61-86(87)82-58-54-75(62-90(82)99)103(94-44-26-46-97-98(94)85-40-21-25-45-96(85)105-97)76-53-57-81-79-38-19-23-42-89(79)101(92(81)64-76,70-31-12-5-13-32-70)71-33-14-6-15-34-71)66-47-50-73(51-48-66)104-93-43-24-20-39-83(93)84-59-55-77(65-95(84)104)102(72-35-16-7-17-36-72)74-52-56-80-78-37-18-22-41-88(78)100(91(80)63-74,68-27-8-3-9-28-68)69-29-10-4-11-30-69/h3-65H,1-2H3. The lowest BCUT2D eigenvalue weighted by Crippen LogP contribution is -2.28. The summed E-state index contributed by atoms with van der Waals surface area (Å²) >= 11 is 0. The van der Waals surface area contributed by atoms with E-state index in [0.717, 1.165) is 78.3 Å². The van der Waals surface area contributed by atoms with Gasteiger partial charge in [0.15, 0.2) is 0 Å². The Balaban J connectivity index is 0.670. The van der Waals surface area contributed by atoms with Crippen molar-refractivity contribution in [2.45, 2.75) is 30.1 Å². The van der Waals surface area contributed by atoms with Crippen molar-refractivity contribution in [1.82, 2.24) is 4.57 Å². The molecule has 0 bridgehead atoms. The third-order valence-corrected chi connectivity index (χ3v) is 23.3. The van der Waals surface area contributed by atoms with Crippen molar-refractivity contribution in [2.24, 2.45) is 0 Å². The maximum absolute atomic E-state index is 6.69. The summed E-state index contributed by atoms with van der Waals surface area (Å²) in [4.78, 5) is 4.94. The van der Waals surface area contributed by atoms with Gasteiger partial charge in [0, 0.05) is 55.7 Å². The molecule has 3 aliphatic rings. The van der Waals surface area contributed by atoms with Gasteiger partial charge in [-0.2, -0.15) is 0 Å². The topological polar surface area (TPSA) is 24.6 Å². The second kappa shape index (κ2) is 23.4. The molecule has 0 saturated carbocycles. The molecular weight excluding hydrogens is 1270 g/mol. The van der Waals surface area contributed by atoms with Gasteiger partial charge in [-0.1, -0.05) is 293 Å². The quantitative estimate of drug-likeness (QED) is 0.122. The summed E-state index contributed by atoms with van der Waals surface area (Å²) in [5.41, 5.74) is 32.7. The molecule has 0 radical (unpaired) electrons. The molecule has 0 atom stereocenters. The maximum Gasteiger partial charge on any atom is 0.137 e. The Morgan fingerprint density at radius 2 is 0.695 bits per heavy atom. The molecule has 4 nitrogen and oxygen atoms in total. The number of hydrogen-bond donors (Lipinski definition) is 0. The van der Waals surface area contributed by atoms with Gasteiger partial charge < -0.3 is 18.8 Å². The Hall–Kier alpha value is -13.3. The Bertz CT molecular complexity index is 6410. The molecular formula is C101H69N3O. The zero-order valence-electron chi connectivity index (χ0n) is 58.1. The average Bonchev–Trinajstić information content (AvgIpc) is 1.53. The number of nitrogens with zero attached hydrogens (tertiary/aromatic N) is 3. The minimum atomic E-state index is -0.577. The van der Waals surface area contributed by atoms with E-state index in [2.05, 4.69) is 410 Å². The van der Waals surface area contributed by atoms with E-state index in [9.17, 15) is 0 Å². The third-order valence-electron chi connectivity index (χ3n) is 23.3. The molecule has 0 unspecified atom stereocenters. The van der Waals surface area contributed by atoms with Crippen LogP contribution in [0.4, 0.5) is 34.1 Å². The fraction of sp³-hybridized carbons (Fsp3) is 0.0495. The molecule has 0 N–H and O–H groups in total. The lowest BCUT2D eigenvalue weighted by Gasteiger charge is -2.35. The first kappa shape index (κ1) is 60.5. The lowest BCUT2D eigenvalue weighted by molar-refractivity contribution is 0.660. The fourth-order valence-electron chi connectivity index (χ4n) is 18.8. The Morgan fingerprint density at radius 1 is 0.257 bits per heavy atom. The van der Waals surface area contributed by atoms with Crippen LogP contribution in [0, 0.1) is 0 Å². The molecule has 2 aromatic heterocycles. The predicted molar refractivity (Wildman–Crippen MR) is 435 cm³/mol. The highest BCUT2D eigenvalue weighted by Gasteiger charge is 2.48. The normalized spacial score (nSPS) is 13.8. The molecule has 4 heteroatoms. The number of anilines is 6. The molecule has 18 aromatic rings. The van der Waals surface area contributed by atoms with E-state index in [0.29, 0.717) is 0 Å². The number of aromatic nitrogens is 1. The van der Waals surface area contributed by atoms with Gasteiger partial charge in [-0.25, -0.2) is 0 Å². The van der Waals surface area contributed by atoms with Crippen LogP contribution in [-0.4, -0.2) is 4.57 Å². The van der Waals surface area contributed by atoms with Gasteiger partial charge >= 0.3 is 0 Å². The van der Waals surface area contributed by atoms with E-state index < -0.39 is 10.8 Å². The predicted octanol–water partition coefficient (Wildman–Crippen LogP) is 26.3. The van der Waals surface area contributed by atoms with E-state index in [4.69, 9.17) is 4.42 Å². The first-order chi connectivity index (χ1) is 51.8. The van der Waals surface area contributed by atoms with Gasteiger partial charge in [0.25, 0.3) is 0 Å². The average molecular weight is 1340 g/mol. The second-order valence-corrected chi connectivity index (χ2v) is 29.0. The molecule has 0 spiro atoms. The summed E-state index contributed by atoms with van der Waals surface area (Å²) in [6.45, 7) is 4.80. The Kier molecular flexibility index (Phi) is 13.5. The van der Waals surface area contributed by atoms with Crippen LogP contribution in [0.1, 0.15) is 69.5 Å². The first-order valence-electron chi connectivity index (χ1n) is 36.5. The van der Waals surface area contributed by atoms with Gasteiger partial charge in [-0.3, -0.25) is 0 Å². The maximum atomic E-state index is 6.69. The zero-order chi connectivity index (χ0) is 69.5. The van der Waals surface area contributed by atoms with Crippen molar-refractivity contribution in [3.8, 4) is 50.2 Å².